The van der Waals surface area contributed by atoms with Crippen molar-refractivity contribution in [3.63, 3.8) is 0 Å². The Balaban J connectivity index is 1.51. The predicted octanol–water partition coefficient (Wildman–Crippen LogP) is 1.73. The predicted molar refractivity (Wildman–Crippen MR) is 69.7 cm³/mol. The molecule has 5 heteroatoms. The average Bonchev–Trinajstić information content (AvgIpc) is 3.22. The molecule has 3 N–H and O–H groups in total. The van der Waals surface area contributed by atoms with Crippen LogP contribution in [-0.4, -0.2) is 29.2 Å². The maximum atomic E-state index is 11.9. The lowest BCUT2D eigenvalue weighted by atomic mass is 9.96. The van der Waals surface area contributed by atoms with Gasteiger partial charge in [0.2, 0.25) is 0 Å². The summed E-state index contributed by atoms with van der Waals surface area (Å²) in [7, 11) is 0. The Kier molecular flexibility index (Phi) is 2.76. The zero-order valence-electron chi connectivity index (χ0n) is 11.4. The lowest BCUT2D eigenvalue weighted by Gasteiger charge is -2.27. The van der Waals surface area contributed by atoms with Gasteiger partial charge in [-0.05, 0) is 62.7 Å². The Bertz CT molecular complexity index is 411. The molecular formula is C14H22N2O3. The van der Waals surface area contributed by atoms with E-state index < -0.39 is 11.5 Å². The highest BCUT2D eigenvalue weighted by molar-refractivity contribution is 5.86. The minimum Gasteiger partial charge on any atom is -0.480 e. The van der Waals surface area contributed by atoms with Crippen LogP contribution in [0.4, 0.5) is 4.79 Å². The number of nitrogens with one attached hydrogen (secondary N) is 2. The van der Waals surface area contributed by atoms with Crippen molar-refractivity contribution in [3.8, 4) is 0 Å². The maximum Gasteiger partial charge on any atom is 0.329 e. The van der Waals surface area contributed by atoms with Crippen LogP contribution in [0, 0.1) is 17.3 Å². The van der Waals surface area contributed by atoms with Gasteiger partial charge >= 0.3 is 12.0 Å². The number of rotatable bonds is 6. The zero-order valence-corrected chi connectivity index (χ0v) is 11.4. The second-order valence-corrected chi connectivity index (χ2v) is 6.73. The van der Waals surface area contributed by atoms with Crippen LogP contribution in [0.5, 0.6) is 0 Å². The lowest BCUT2D eigenvalue weighted by molar-refractivity contribution is -0.144. The third-order valence-electron chi connectivity index (χ3n) is 5.15. The number of hydrogen-bond donors (Lipinski definition) is 3. The van der Waals surface area contributed by atoms with E-state index in [1.807, 2.05) is 0 Å². The molecule has 3 rings (SSSR count). The van der Waals surface area contributed by atoms with E-state index in [1.165, 1.54) is 25.7 Å². The topological polar surface area (TPSA) is 78.4 Å². The number of amides is 2. The van der Waals surface area contributed by atoms with Gasteiger partial charge in [-0.15, -0.1) is 0 Å². The van der Waals surface area contributed by atoms with E-state index in [1.54, 1.807) is 6.92 Å². The third-order valence-corrected chi connectivity index (χ3v) is 5.15. The molecule has 3 fully saturated rings. The van der Waals surface area contributed by atoms with E-state index in [9.17, 15) is 14.7 Å². The molecule has 3 aliphatic rings. The second kappa shape index (κ2) is 4.12. The van der Waals surface area contributed by atoms with Gasteiger partial charge < -0.3 is 15.7 Å². The fraction of sp³-hybridized carbons (Fsp3) is 0.857. The standard InChI is InChI=1S/C14H22N2O3/c1-13(11(17)18,9-2-3-9)16-12(19)15-8-14(6-7-14)10-4-5-10/h9-10H,2-8H2,1H3,(H,17,18)(H2,15,16,19). The van der Waals surface area contributed by atoms with Crippen molar-refractivity contribution in [1.82, 2.24) is 10.6 Å². The first-order valence-electron chi connectivity index (χ1n) is 7.26. The van der Waals surface area contributed by atoms with Gasteiger partial charge in [-0.1, -0.05) is 0 Å². The summed E-state index contributed by atoms with van der Waals surface area (Å²) in [5, 5.41) is 14.8. The van der Waals surface area contributed by atoms with Crippen LogP contribution < -0.4 is 10.6 Å². The molecule has 5 nitrogen and oxygen atoms in total. The van der Waals surface area contributed by atoms with Crippen molar-refractivity contribution in [2.75, 3.05) is 6.54 Å². The van der Waals surface area contributed by atoms with Crippen molar-refractivity contribution in [1.29, 1.82) is 0 Å². The molecule has 0 aliphatic heterocycles. The van der Waals surface area contributed by atoms with Gasteiger partial charge in [-0.3, -0.25) is 0 Å². The monoisotopic (exact) mass is 266 g/mol. The SMILES string of the molecule is CC(NC(=O)NCC1(C2CC2)CC1)(C(=O)O)C1CC1. The fourth-order valence-electron chi connectivity index (χ4n) is 3.11. The smallest absolute Gasteiger partial charge is 0.329 e. The summed E-state index contributed by atoms with van der Waals surface area (Å²) in [4.78, 5) is 23.3. The molecule has 0 bridgehead atoms. The average molecular weight is 266 g/mol. The first-order chi connectivity index (χ1) is 8.96. The van der Waals surface area contributed by atoms with E-state index in [0.29, 0.717) is 12.0 Å². The maximum absolute atomic E-state index is 11.9. The van der Waals surface area contributed by atoms with Gasteiger partial charge in [0.15, 0.2) is 0 Å². The van der Waals surface area contributed by atoms with E-state index >= 15 is 0 Å². The summed E-state index contributed by atoms with van der Waals surface area (Å²) in [6.07, 6.45) is 6.76. The molecule has 1 unspecified atom stereocenters. The first kappa shape index (κ1) is 12.8. The van der Waals surface area contributed by atoms with Gasteiger partial charge in [0.25, 0.3) is 0 Å². The fourth-order valence-corrected chi connectivity index (χ4v) is 3.11. The van der Waals surface area contributed by atoms with Crippen molar-refractivity contribution < 1.29 is 14.7 Å². The van der Waals surface area contributed by atoms with Gasteiger partial charge in [-0.2, -0.15) is 0 Å². The quantitative estimate of drug-likeness (QED) is 0.685. The van der Waals surface area contributed by atoms with E-state index in [-0.39, 0.29) is 11.9 Å². The van der Waals surface area contributed by atoms with Crippen LogP contribution in [0.2, 0.25) is 0 Å². The number of carbonyl (C=O) groups is 2. The van der Waals surface area contributed by atoms with Gasteiger partial charge in [-0.25, -0.2) is 9.59 Å². The normalized spacial score (nSPS) is 27.2. The number of carboxylic acid groups (broad SMARTS) is 1. The molecule has 0 radical (unpaired) electrons. The second-order valence-electron chi connectivity index (χ2n) is 6.73. The lowest BCUT2D eigenvalue weighted by Crippen LogP contribution is -2.57. The Morgan fingerprint density at radius 2 is 1.89 bits per heavy atom. The van der Waals surface area contributed by atoms with Crippen LogP contribution in [0.25, 0.3) is 0 Å². The van der Waals surface area contributed by atoms with Gasteiger partial charge in [0.05, 0.1) is 0 Å². The number of carbonyl (C=O) groups excluding carboxylic acids is 1. The van der Waals surface area contributed by atoms with Crippen molar-refractivity contribution in [2.24, 2.45) is 17.3 Å². The van der Waals surface area contributed by atoms with Crippen LogP contribution in [0.3, 0.4) is 0 Å². The minimum atomic E-state index is -1.11. The van der Waals surface area contributed by atoms with E-state index in [0.717, 1.165) is 18.8 Å². The summed E-state index contributed by atoms with van der Waals surface area (Å²) in [5.41, 5.74) is -0.767. The molecule has 0 aromatic rings. The van der Waals surface area contributed by atoms with Crippen LogP contribution in [0.15, 0.2) is 0 Å². The first-order valence-corrected chi connectivity index (χ1v) is 7.26. The summed E-state index contributed by atoms with van der Waals surface area (Å²) < 4.78 is 0. The number of aliphatic carboxylic acids is 1. The van der Waals surface area contributed by atoms with Crippen LogP contribution in [0.1, 0.15) is 45.4 Å². The van der Waals surface area contributed by atoms with Crippen molar-refractivity contribution in [3.05, 3.63) is 0 Å². The number of carboxylic acids is 1. The minimum absolute atomic E-state index is 0.0778. The summed E-state index contributed by atoms with van der Waals surface area (Å²) in [6.45, 7) is 2.31. The Hall–Kier alpha value is -1.26. The van der Waals surface area contributed by atoms with Crippen molar-refractivity contribution >= 4 is 12.0 Å². The molecule has 106 valence electrons. The largest absolute Gasteiger partial charge is 0.480 e. The van der Waals surface area contributed by atoms with E-state index in [4.69, 9.17) is 0 Å². The highest BCUT2D eigenvalue weighted by Gasteiger charge is 2.54. The molecule has 3 aliphatic carbocycles. The van der Waals surface area contributed by atoms with Crippen LogP contribution in [-0.2, 0) is 4.79 Å². The molecule has 0 aromatic heterocycles. The molecule has 19 heavy (non-hydrogen) atoms. The molecule has 0 heterocycles. The highest BCUT2D eigenvalue weighted by atomic mass is 16.4. The summed E-state index contributed by atoms with van der Waals surface area (Å²) in [5.74, 6) is -0.0652. The molecule has 0 spiro atoms. The van der Waals surface area contributed by atoms with Gasteiger partial charge in [0, 0.05) is 6.54 Å². The summed E-state index contributed by atoms with van der Waals surface area (Å²) in [6, 6.07) is -0.330. The highest BCUT2D eigenvalue weighted by Crippen LogP contribution is 2.60. The molecule has 0 aromatic carbocycles. The zero-order chi connectivity index (χ0) is 13.7. The van der Waals surface area contributed by atoms with Crippen LogP contribution >= 0.6 is 0 Å². The third kappa shape index (κ3) is 2.42. The van der Waals surface area contributed by atoms with Crippen molar-refractivity contribution in [2.45, 2.75) is 51.0 Å². The number of hydrogen-bond acceptors (Lipinski definition) is 2. The Labute approximate surface area is 113 Å². The Morgan fingerprint density at radius 3 is 2.32 bits per heavy atom. The Morgan fingerprint density at radius 1 is 1.26 bits per heavy atom. The number of urea groups is 1. The molecule has 2 amide bonds. The van der Waals surface area contributed by atoms with E-state index in [2.05, 4.69) is 10.6 Å². The van der Waals surface area contributed by atoms with Gasteiger partial charge in [0.1, 0.15) is 5.54 Å². The summed E-state index contributed by atoms with van der Waals surface area (Å²) >= 11 is 0. The molecule has 1 atom stereocenters. The molecule has 0 saturated heterocycles. The molecule has 3 saturated carbocycles. The molecular weight excluding hydrogens is 244 g/mol.